The van der Waals surface area contributed by atoms with Gasteiger partial charge in [0, 0.05) is 36.1 Å². The Kier molecular flexibility index (Phi) is 10.7. The van der Waals surface area contributed by atoms with E-state index in [9.17, 15) is 4.79 Å². The van der Waals surface area contributed by atoms with Crippen molar-refractivity contribution in [3.05, 3.63) is 58.7 Å². The Balaban J connectivity index is 0.000000707. The first kappa shape index (κ1) is 36.7. The van der Waals surface area contributed by atoms with E-state index in [4.69, 9.17) is 0 Å². The van der Waals surface area contributed by atoms with E-state index < -0.39 is 0 Å². The fourth-order valence-electron chi connectivity index (χ4n) is 6.55. The number of fused-ring (bicyclic) bond motifs is 1. The van der Waals surface area contributed by atoms with Gasteiger partial charge in [0.05, 0.1) is 20.0 Å². The van der Waals surface area contributed by atoms with E-state index in [2.05, 4.69) is 140 Å². The predicted octanol–water partition coefficient (Wildman–Crippen LogP) is 10.5. The summed E-state index contributed by atoms with van der Waals surface area (Å²) >= 11 is 0. The van der Waals surface area contributed by atoms with Crippen molar-refractivity contribution < 1.29 is 18.7 Å². The van der Waals surface area contributed by atoms with Gasteiger partial charge < -0.3 is 4.74 Å². The van der Waals surface area contributed by atoms with Crippen LogP contribution in [0, 0.1) is 5.92 Å². The molecule has 0 spiro atoms. The van der Waals surface area contributed by atoms with E-state index in [0.717, 1.165) is 12.8 Å². The Hall–Kier alpha value is -2.75. The lowest BCUT2D eigenvalue weighted by molar-refractivity contribution is -0.688. The summed E-state index contributed by atoms with van der Waals surface area (Å²) in [6.45, 7) is 34.2. The zero-order chi connectivity index (χ0) is 34.3. The van der Waals surface area contributed by atoms with Gasteiger partial charge in [-0.15, -0.1) is 9.15 Å². The summed E-state index contributed by atoms with van der Waals surface area (Å²) in [5, 5.41) is 0. The van der Waals surface area contributed by atoms with Gasteiger partial charge in [-0.1, -0.05) is 121 Å². The number of esters is 1. The molecular formula is C41H64N2O2+2. The molecule has 4 nitrogen and oxygen atoms in total. The molecule has 0 radical (unpaired) electrons. The van der Waals surface area contributed by atoms with Gasteiger partial charge in [0.2, 0.25) is 11.4 Å². The van der Waals surface area contributed by atoms with E-state index in [1.165, 1.54) is 53.6 Å². The molecule has 0 saturated heterocycles. The molecular weight excluding hydrogens is 552 g/mol. The van der Waals surface area contributed by atoms with E-state index in [-0.39, 0.29) is 39.7 Å². The third kappa shape index (κ3) is 8.16. The number of carbonyl (C=O) groups is 1. The Morgan fingerprint density at radius 2 is 1.02 bits per heavy atom. The second-order valence-electron chi connectivity index (χ2n) is 17.6. The molecule has 1 aliphatic carbocycles. The number of rotatable bonds is 3. The molecule has 1 aliphatic heterocycles. The highest BCUT2D eigenvalue weighted by atomic mass is 16.5. The third-order valence-corrected chi connectivity index (χ3v) is 9.27. The smallest absolute Gasteiger partial charge is 0.351 e. The minimum absolute atomic E-state index is 0.00463. The monoisotopic (exact) mass is 616 g/mol. The summed E-state index contributed by atoms with van der Waals surface area (Å²) in [4.78, 5) is 10.3. The Labute approximate surface area is 276 Å². The summed E-state index contributed by atoms with van der Waals surface area (Å²) in [7, 11) is 1.39. The highest BCUT2D eigenvalue weighted by Crippen LogP contribution is 2.42. The number of methoxy groups -OCH3 is 1. The van der Waals surface area contributed by atoms with Crippen molar-refractivity contribution >= 4 is 28.8 Å². The lowest BCUT2D eigenvalue weighted by Crippen LogP contribution is -2.30. The SMILES string of the molecule is CC1[N+](c2cc(C(C)(C)C)ccc2C(C)(C)C)=C2CCCCC2=[N+]1c1cc(C(C)(C)C)ccc1C(C)(C)C.COC(=O)C(C)C. The Morgan fingerprint density at radius 1 is 0.667 bits per heavy atom. The van der Waals surface area contributed by atoms with Crippen molar-refractivity contribution in [2.45, 2.75) is 157 Å². The lowest BCUT2D eigenvalue weighted by atomic mass is 9.80. The van der Waals surface area contributed by atoms with Crippen LogP contribution in [0.3, 0.4) is 0 Å². The maximum Gasteiger partial charge on any atom is 0.351 e. The summed E-state index contributed by atoms with van der Waals surface area (Å²) in [5.41, 5.74) is 11.9. The highest BCUT2D eigenvalue weighted by Gasteiger charge is 2.50. The molecule has 2 aromatic rings. The molecule has 0 aromatic heterocycles. The number of nitrogens with zero attached hydrogens (tertiary/aromatic N) is 2. The van der Waals surface area contributed by atoms with Crippen molar-refractivity contribution in [3.63, 3.8) is 0 Å². The van der Waals surface area contributed by atoms with E-state index in [1.807, 2.05) is 0 Å². The molecule has 4 heteroatoms. The van der Waals surface area contributed by atoms with Crippen molar-refractivity contribution in [1.29, 1.82) is 0 Å². The number of benzene rings is 2. The first-order valence-corrected chi connectivity index (χ1v) is 17.2. The Bertz CT molecular complexity index is 1360. The molecule has 0 atom stereocenters. The van der Waals surface area contributed by atoms with Gasteiger partial charge in [-0.2, -0.15) is 0 Å². The van der Waals surface area contributed by atoms with Crippen LogP contribution in [0.15, 0.2) is 36.4 Å². The number of hydrogen-bond acceptors (Lipinski definition) is 2. The second-order valence-corrected chi connectivity index (χ2v) is 17.6. The largest absolute Gasteiger partial charge is 0.469 e. The standard InChI is InChI=1S/C36H54N2.C5H10O2/c1-24-37(31-22-25(33(2,3)4)18-20-27(31)35(8,9)10)29-16-14-15-17-30(29)38(24)32-23-26(34(5,6)7)19-21-28(32)36(11,12)13;1-4(2)5(6)7-3/h18-24H,14-17H2,1-13H3;4H,1-3H3/q+2;. The minimum Gasteiger partial charge on any atom is -0.469 e. The van der Waals surface area contributed by atoms with Gasteiger partial charge >= 0.3 is 12.1 Å². The van der Waals surface area contributed by atoms with Crippen LogP contribution in [-0.2, 0) is 31.2 Å². The summed E-state index contributed by atoms with van der Waals surface area (Å²) in [5.74, 6) is -0.148. The van der Waals surface area contributed by atoms with Gasteiger partial charge in [-0.05, 0) is 45.6 Å². The molecule has 2 aromatic carbocycles. The molecule has 248 valence electrons. The molecule has 2 aliphatic rings. The Morgan fingerprint density at radius 3 is 1.27 bits per heavy atom. The maximum absolute atomic E-state index is 10.3. The number of carbonyl (C=O) groups excluding carboxylic acids is 1. The fourth-order valence-corrected chi connectivity index (χ4v) is 6.55. The first-order chi connectivity index (χ1) is 20.5. The topological polar surface area (TPSA) is 32.3 Å². The van der Waals surface area contributed by atoms with Gasteiger partial charge in [-0.25, -0.2) is 0 Å². The van der Waals surface area contributed by atoms with E-state index in [0.29, 0.717) is 0 Å². The van der Waals surface area contributed by atoms with E-state index >= 15 is 0 Å². The fraction of sp³-hybridized carbons (Fsp3) is 0.634. The molecule has 45 heavy (non-hydrogen) atoms. The third-order valence-electron chi connectivity index (χ3n) is 9.27. The zero-order valence-electron chi connectivity index (χ0n) is 31.7. The average molecular weight is 617 g/mol. The van der Waals surface area contributed by atoms with Crippen LogP contribution >= 0.6 is 0 Å². The average Bonchev–Trinajstić information content (AvgIpc) is 3.21. The van der Waals surface area contributed by atoms with Crippen LogP contribution in [0.1, 0.15) is 152 Å². The normalized spacial score (nSPS) is 16.6. The molecule has 0 amide bonds. The molecule has 4 rings (SSSR count). The molecule has 1 saturated carbocycles. The molecule has 0 unspecified atom stereocenters. The van der Waals surface area contributed by atoms with Crippen LogP contribution in [-0.4, -0.2) is 39.8 Å². The molecule has 0 bridgehead atoms. The maximum atomic E-state index is 10.3. The first-order valence-electron chi connectivity index (χ1n) is 17.2. The lowest BCUT2D eigenvalue weighted by Gasteiger charge is -2.26. The van der Waals surface area contributed by atoms with Crippen molar-refractivity contribution in [2.24, 2.45) is 5.92 Å². The van der Waals surface area contributed by atoms with Gasteiger partial charge in [0.25, 0.3) is 11.4 Å². The summed E-state index contributed by atoms with van der Waals surface area (Å²) in [6.07, 6.45) is 5.08. The van der Waals surface area contributed by atoms with Crippen LogP contribution in [0.25, 0.3) is 0 Å². The van der Waals surface area contributed by atoms with Crippen LogP contribution in [0.2, 0.25) is 0 Å². The van der Waals surface area contributed by atoms with Crippen molar-refractivity contribution in [3.8, 4) is 0 Å². The second kappa shape index (κ2) is 13.2. The van der Waals surface area contributed by atoms with Crippen molar-refractivity contribution in [2.75, 3.05) is 7.11 Å². The number of ether oxygens (including phenoxy) is 1. The predicted molar refractivity (Wildman–Crippen MR) is 192 cm³/mol. The summed E-state index contributed by atoms with van der Waals surface area (Å²) in [6, 6.07) is 14.6. The van der Waals surface area contributed by atoms with Crippen molar-refractivity contribution in [1.82, 2.24) is 0 Å². The van der Waals surface area contributed by atoms with Crippen LogP contribution < -0.4 is 0 Å². The molecule has 0 N–H and O–H groups in total. The van der Waals surface area contributed by atoms with Gasteiger partial charge in [0.15, 0.2) is 0 Å². The highest BCUT2D eigenvalue weighted by molar-refractivity contribution is 6.39. The van der Waals surface area contributed by atoms with Crippen LogP contribution in [0.5, 0.6) is 0 Å². The van der Waals surface area contributed by atoms with Gasteiger partial charge in [0.1, 0.15) is 0 Å². The van der Waals surface area contributed by atoms with Gasteiger partial charge in [-0.3, -0.25) is 4.79 Å². The minimum atomic E-state index is -0.153. The zero-order valence-corrected chi connectivity index (χ0v) is 31.7. The quantitative estimate of drug-likeness (QED) is 0.254. The van der Waals surface area contributed by atoms with E-state index in [1.54, 1.807) is 25.3 Å². The van der Waals surface area contributed by atoms with Crippen LogP contribution in [0.4, 0.5) is 11.4 Å². The number of hydrogen-bond donors (Lipinski definition) is 0. The molecule has 1 fully saturated rings. The summed E-state index contributed by atoms with van der Waals surface area (Å²) < 4.78 is 9.82. The molecule has 1 heterocycles.